The van der Waals surface area contributed by atoms with Crippen LogP contribution in [-0.4, -0.2) is 25.9 Å². The molecular formula is C45H21B3N2O3. The van der Waals surface area contributed by atoms with E-state index in [2.05, 4.69) is 107 Å². The minimum absolute atomic E-state index is 0.0319. The van der Waals surface area contributed by atoms with Crippen molar-refractivity contribution >= 4 is 115 Å². The van der Waals surface area contributed by atoms with Crippen molar-refractivity contribution in [3.63, 3.8) is 0 Å². The molecule has 0 aromatic heterocycles. The molecular weight excluding hydrogens is 649 g/mol. The number of anilines is 6. The fraction of sp³-hybridized carbons (Fsp3) is 0. The lowest BCUT2D eigenvalue weighted by Crippen LogP contribution is -2.73. The highest BCUT2D eigenvalue weighted by molar-refractivity contribution is 7.07. The number of hydrogen-bond donors (Lipinski definition) is 0. The predicted octanol–water partition coefficient (Wildman–Crippen LogP) is 3.56. The molecule has 0 saturated heterocycles. The van der Waals surface area contributed by atoms with Crippen molar-refractivity contribution in [1.82, 2.24) is 0 Å². The van der Waals surface area contributed by atoms with E-state index in [0.29, 0.717) is 0 Å². The van der Waals surface area contributed by atoms with Crippen molar-refractivity contribution < 1.29 is 14.3 Å². The maximum atomic E-state index is 14.4. The van der Waals surface area contributed by atoms with Gasteiger partial charge in [0.25, 0.3) is 6.71 Å². The van der Waals surface area contributed by atoms with Crippen molar-refractivity contribution in [2.24, 2.45) is 0 Å². The molecule has 5 nitrogen and oxygen atoms in total. The number of rotatable bonds is 0. The van der Waals surface area contributed by atoms with Gasteiger partial charge in [0.05, 0.1) is 22.7 Å². The Bertz CT molecular complexity index is 2910. The largest absolute Gasteiger partial charge is 0.453 e. The molecule has 0 radical (unpaired) electrons. The van der Waals surface area contributed by atoms with Gasteiger partial charge in [-0.2, -0.15) is 0 Å². The number of carbonyl (C=O) groups excluding carboxylic acids is 1. The topological polar surface area (TPSA) is 42.0 Å². The van der Waals surface area contributed by atoms with Crippen LogP contribution < -0.4 is 68.4 Å². The first-order chi connectivity index (χ1) is 26.2. The second kappa shape index (κ2) is 8.19. The molecule has 8 heteroatoms. The Morgan fingerprint density at radius 1 is 0.415 bits per heavy atom. The van der Waals surface area contributed by atoms with Gasteiger partial charge in [0.15, 0.2) is 28.8 Å². The number of para-hydroxylation sites is 2. The Labute approximate surface area is 305 Å². The second-order valence-electron chi connectivity index (χ2n) is 15.5. The molecule has 8 aliphatic heterocycles. The zero-order chi connectivity index (χ0) is 34.2. The standard InChI is InChI=1S/C45H21B3N2O3/c1-21-22-8-2-4-10-26(22)46-30-20-31-42-38-41(30)49-39-28(12-6-14-32(39)52-34-18-16-23(21)36(46)43(34)49)48(38)29-13-7-15-33-40(29)50(42)44-35(53-33)19-17-25-37(44)47(31)27-11-5-3-9-24(27)45(25)51/h2-20H,1H2. The van der Waals surface area contributed by atoms with E-state index in [1.807, 2.05) is 24.3 Å². The number of fused-ring (bicyclic) bond motifs is 8. The predicted molar refractivity (Wildman–Crippen MR) is 214 cm³/mol. The van der Waals surface area contributed by atoms with Gasteiger partial charge in [-0.3, -0.25) is 4.79 Å². The smallest absolute Gasteiger partial charge is 0.252 e. The number of nitrogens with zero attached hydrogens (tertiary/aromatic N) is 2. The van der Waals surface area contributed by atoms with E-state index in [1.54, 1.807) is 0 Å². The normalized spacial score (nSPS) is 16.1. The summed E-state index contributed by atoms with van der Waals surface area (Å²) in [5.74, 6) is 3.46. The zero-order valence-electron chi connectivity index (χ0n) is 28.0. The lowest BCUT2D eigenvalue weighted by molar-refractivity contribution is 0.104. The van der Waals surface area contributed by atoms with Gasteiger partial charge in [0, 0.05) is 22.5 Å². The minimum Gasteiger partial charge on any atom is -0.453 e. The Balaban J connectivity index is 1.18. The van der Waals surface area contributed by atoms with E-state index in [1.165, 1.54) is 60.7 Å². The second-order valence-corrected chi connectivity index (χ2v) is 15.5. The number of carbonyl (C=O) groups is 1. The Morgan fingerprint density at radius 3 is 1.55 bits per heavy atom. The van der Waals surface area contributed by atoms with Crippen molar-refractivity contribution in [1.29, 1.82) is 0 Å². The Kier molecular flexibility index (Phi) is 4.04. The third-order valence-corrected chi connectivity index (χ3v) is 13.4. The molecule has 7 aromatic carbocycles. The molecule has 0 amide bonds. The molecule has 0 fully saturated rings. The van der Waals surface area contributed by atoms with E-state index in [0.717, 1.165) is 73.4 Å². The molecule has 0 N–H and O–H groups in total. The number of ketones is 1. The van der Waals surface area contributed by atoms with E-state index >= 15 is 0 Å². The summed E-state index contributed by atoms with van der Waals surface area (Å²) in [5, 5.41) is 0. The molecule has 53 heavy (non-hydrogen) atoms. The summed E-state index contributed by atoms with van der Waals surface area (Å²) in [6, 6.07) is 41.0. The summed E-state index contributed by atoms with van der Waals surface area (Å²) < 4.78 is 13.7. The maximum Gasteiger partial charge on any atom is 0.252 e. The van der Waals surface area contributed by atoms with Gasteiger partial charge in [0.2, 0.25) is 13.4 Å². The number of ether oxygens (including phenoxy) is 2. The van der Waals surface area contributed by atoms with Gasteiger partial charge in [0.1, 0.15) is 0 Å². The summed E-state index contributed by atoms with van der Waals surface area (Å²) in [4.78, 5) is 19.4. The van der Waals surface area contributed by atoms with Gasteiger partial charge in [-0.1, -0.05) is 102 Å². The molecule has 8 heterocycles. The van der Waals surface area contributed by atoms with Crippen LogP contribution in [0.4, 0.5) is 34.1 Å². The lowest BCUT2D eigenvalue weighted by atomic mass is 9.25. The van der Waals surface area contributed by atoms with E-state index in [-0.39, 0.29) is 25.9 Å². The summed E-state index contributed by atoms with van der Waals surface area (Å²) in [7, 11) is 0. The molecule has 0 aliphatic carbocycles. The molecule has 0 bridgehead atoms. The van der Waals surface area contributed by atoms with Crippen LogP contribution in [0.5, 0.6) is 23.0 Å². The fourth-order valence-electron chi connectivity index (χ4n) is 11.6. The first-order valence-corrected chi connectivity index (χ1v) is 18.4. The highest BCUT2D eigenvalue weighted by Crippen LogP contribution is 2.57. The van der Waals surface area contributed by atoms with Gasteiger partial charge in [-0.05, 0) is 85.3 Å². The van der Waals surface area contributed by atoms with E-state index in [4.69, 9.17) is 9.47 Å². The van der Waals surface area contributed by atoms with Crippen molar-refractivity contribution in [2.45, 2.75) is 0 Å². The summed E-state index contributed by atoms with van der Waals surface area (Å²) in [6.45, 7) is 4.45. The molecule has 238 valence electrons. The van der Waals surface area contributed by atoms with Crippen LogP contribution in [0.2, 0.25) is 0 Å². The molecule has 0 unspecified atom stereocenters. The molecule has 7 aromatic rings. The third-order valence-electron chi connectivity index (χ3n) is 13.4. The maximum absolute atomic E-state index is 14.4. The molecule has 8 aliphatic rings. The quantitative estimate of drug-likeness (QED) is 0.231. The molecule has 0 spiro atoms. The molecule has 0 saturated carbocycles. The van der Waals surface area contributed by atoms with Gasteiger partial charge < -0.3 is 19.3 Å². The van der Waals surface area contributed by atoms with Gasteiger partial charge in [-0.25, -0.2) is 0 Å². The number of benzene rings is 7. The third kappa shape index (κ3) is 2.59. The summed E-state index contributed by atoms with van der Waals surface area (Å²) in [6.07, 6.45) is 0. The molecule has 15 rings (SSSR count). The molecule has 0 atom stereocenters. The SMILES string of the molecule is C=C1c2ccccc2B2c3cc4c5c6c3N3c7c(cccc7B6c6cccc7c6N5c5c(ccc6c5B4c4ccccc4C6=O)O7)Oc4ccc1c2c43. The van der Waals surface area contributed by atoms with Crippen LogP contribution in [0.3, 0.4) is 0 Å². The number of hydrogen-bond acceptors (Lipinski definition) is 5. The summed E-state index contributed by atoms with van der Waals surface area (Å²) in [5.41, 5.74) is 22.6. The Hall–Kier alpha value is -6.66. The van der Waals surface area contributed by atoms with Crippen LogP contribution in [0.15, 0.2) is 122 Å². The van der Waals surface area contributed by atoms with E-state index in [9.17, 15) is 4.79 Å². The summed E-state index contributed by atoms with van der Waals surface area (Å²) >= 11 is 0. The van der Waals surface area contributed by atoms with Crippen LogP contribution in [0, 0.1) is 0 Å². The highest BCUT2D eigenvalue weighted by atomic mass is 16.5. The Morgan fingerprint density at radius 2 is 0.906 bits per heavy atom. The highest BCUT2D eigenvalue weighted by Gasteiger charge is 2.57. The van der Waals surface area contributed by atoms with Crippen molar-refractivity contribution in [2.75, 3.05) is 9.80 Å². The average Bonchev–Trinajstić information content (AvgIpc) is 3.20. The zero-order valence-corrected chi connectivity index (χ0v) is 28.0. The first kappa shape index (κ1) is 26.2. The van der Waals surface area contributed by atoms with Crippen LogP contribution in [0.1, 0.15) is 27.0 Å². The van der Waals surface area contributed by atoms with Crippen LogP contribution >= 0.6 is 0 Å². The van der Waals surface area contributed by atoms with Crippen molar-refractivity contribution in [3.8, 4) is 23.0 Å². The average molecular weight is 670 g/mol. The van der Waals surface area contributed by atoms with Gasteiger partial charge >= 0.3 is 0 Å². The lowest BCUT2D eigenvalue weighted by Gasteiger charge is -2.54. The fourth-order valence-corrected chi connectivity index (χ4v) is 11.6. The van der Waals surface area contributed by atoms with Crippen LogP contribution in [-0.2, 0) is 0 Å². The van der Waals surface area contributed by atoms with Gasteiger partial charge in [-0.15, -0.1) is 0 Å². The van der Waals surface area contributed by atoms with Crippen LogP contribution in [0.25, 0.3) is 5.57 Å². The first-order valence-electron chi connectivity index (χ1n) is 18.4. The minimum atomic E-state index is -0.142. The monoisotopic (exact) mass is 670 g/mol. The van der Waals surface area contributed by atoms with E-state index < -0.39 is 0 Å². The van der Waals surface area contributed by atoms with Crippen molar-refractivity contribution in [3.05, 3.63) is 144 Å².